The predicted molar refractivity (Wildman–Crippen MR) is 60.7 cm³/mol. The van der Waals surface area contributed by atoms with Crippen molar-refractivity contribution >= 4 is 5.82 Å². The van der Waals surface area contributed by atoms with Crippen molar-refractivity contribution in [1.29, 1.82) is 5.26 Å². The maximum atomic E-state index is 8.63. The fourth-order valence-electron chi connectivity index (χ4n) is 1.94. The summed E-state index contributed by atoms with van der Waals surface area (Å²) < 4.78 is 0. The zero-order valence-corrected chi connectivity index (χ0v) is 9.13. The molecule has 5 heteroatoms. The van der Waals surface area contributed by atoms with E-state index in [1.165, 1.54) is 6.20 Å². The minimum absolute atomic E-state index is 0.362. The highest BCUT2D eigenvalue weighted by molar-refractivity contribution is 5.37. The number of nitriles is 1. The quantitative estimate of drug-likeness (QED) is 0.781. The molecule has 1 fully saturated rings. The van der Waals surface area contributed by atoms with E-state index >= 15 is 0 Å². The zero-order chi connectivity index (χ0) is 11.4. The van der Waals surface area contributed by atoms with E-state index in [0.717, 1.165) is 38.3 Å². The molecule has 2 rings (SSSR count). The van der Waals surface area contributed by atoms with Crippen LogP contribution in [0.2, 0.25) is 0 Å². The molecule has 16 heavy (non-hydrogen) atoms. The van der Waals surface area contributed by atoms with Crippen molar-refractivity contribution in [3.8, 4) is 6.07 Å². The molecule has 84 valence electrons. The molecule has 2 N–H and O–H groups in total. The van der Waals surface area contributed by atoms with Crippen LogP contribution < -0.4 is 10.6 Å². The number of anilines is 1. The SMILES string of the molecule is N#Cc1cnc(N2CCC(CN)CC2)cn1. The molecule has 0 unspecified atom stereocenters. The number of aromatic nitrogens is 2. The van der Waals surface area contributed by atoms with Crippen molar-refractivity contribution in [2.75, 3.05) is 24.5 Å². The highest BCUT2D eigenvalue weighted by Gasteiger charge is 2.18. The number of piperidine rings is 1. The Kier molecular flexibility index (Phi) is 3.32. The molecule has 0 aromatic carbocycles. The first-order chi connectivity index (χ1) is 7.83. The Morgan fingerprint density at radius 2 is 2.12 bits per heavy atom. The summed E-state index contributed by atoms with van der Waals surface area (Å²) in [7, 11) is 0. The van der Waals surface area contributed by atoms with Crippen molar-refractivity contribution in [2.45, 2.75) is 12.8 Å². The molecule has 1 aromatic heterocycles. The summed E-state index contributed by atoms with van der Waals surface area (Å²) in [6.07, 6.45) is 5.40. The molecule has 0 amide bonds. The van der Waals surface area contributed by atoms with Crippen molar-refractivity contribution in [2.24, 2.45) is 11.7 Å². The first kappa shape index (κ1) is 10.8. The molecule has 1 saturated heterocycles. The maximum absolute atomic E-state index is 8.63. The fraction of sp³-hybridized carbons (Fsp3) is 0.545. The molecule has 0 aliphatic carbocycles. The van der Waals surface area contributed by atoms with Crippen LogP contribution in [0.4, 0.5) is 5.82 Å². The summed E-state index contributed by atoms with van der Waals surface area (Å²) in [4.78, 5) is 10.5. The van der Waals surface area contributed by atoms with Crippen LogP contribution in [0.25, 0.3) is 0 Å². The van der Waals surface area contributed by atoms with Crippen molar-refractivity contribution < 1.29 is 0 Å². The third kappa shape index (κ3) is 2.28. The monoisotopic (exact) mass is 217 g/mol. The number of hydrogen-bond acceptors (Lipinski definition) is 5. The molecule has 0 atom stereocenters. The summed E-state index contributed by atoms with van der Waals surface area (Å²) in [5, 5.41) is 8.63. The first-order valence-electron chi connectivity index (χ1n) is 5.50. The van der Waals surface area contributed by atoms with Crippen molar-refractivity contribution in [3.05, 3.63) is 18.1 Å². The lowest BCUT2D eigenvalue weighted by molar-refractivity contribution is 0.413. The molecular weight excluding hydrogens is 202 g/mol. The van der Waals surface area contributed by atoms with Crippen LogP contribution in [-0.2, 0) is 0 Å². The van der Waals surface area contributed by atoms with Crippen molar-refractivity contribution in [1.82, 2.24) is 9.97 Å². The normalized spacial score (nSPS) is 17.1. The lowest BCUT2D eigenvalue weighted by Gasteiger charge is -2.31. The summed E-state index contributed by atoms with van der Waals surface area (Å²) in [6.45, 7) is 2.72. The molecule has 2 heterocycles. The van der Waals surface area contributed by atoms with Gasteiger partial charge in [-0.05, 0) is 25.3 Å². The minimum atomic E-state index is 0.362. The molecular formula is C11H15N5. The topological polar surface area (TPSA) is 78.8 Å². The van der Waals surface area contributed by atoms with Gasteiger partial charge in [-0.3, -0.25) is 0 Å². The Balaban J connectivity index is 2.00. The van der Waals surface area contributed by atoms with Crippen LogP contribution >= 0.6 is 0 Å². The number of hydrogen-bond donors (Lipinski definition) is 1. The van der Waals surface area contributed by atoms with E-state index in [2.05, 4.69) is 14.9 Å². The van der Waals surface area contributed by atoms with Gasteiger partial charge in [-0.15, -0.1) is 0 Å². The average Bonchev–Trinajstić information content (AvgIpc) is 2.39. The average molecular weight is 217 g/mol. The van der Waals surface area contributed by atoms with Gasteiger partial charge < -0.3 is 10.6 Å². The molecule has 1 aliphatic rings. The molecule has 0 saturated carbocycles. The van der Waals surface area contributed by atoms with Crippen LogP contribution in [-0.4, -0.2) is 29.6 Å². The Hall–Kier alpha value is -1.67. The molecule has 1 aliphatic heterocycles. The number of nitrogens with zero attached hydrogens (tertiary/aromatic N) is 4. The van der Waals surface area contributed by atoms with E-state index in [-0.39, 0.29) is 0 Å². The second-order valence-electron chi connectivity index (χ2n) is 4.04. The van der Waals surface area contributed by atoms with Gasteiger partial charge in [-0.1, -0.05) is 0 Å². The van der Waals surface area contributed by atoms with Gasteiger partial charge in [0.15, 0.2) is 5.69 Å². The summed E-state index contributed by atoms with van der Waals surface area (Å²) in [5.41, 5.74) is 6.00. The van der Waals surface area contributed by atoms with Gasteiger partial charge in [0, 0.05) is 13.1 Å². The van der Waals surface area contributed by atoms with Crippen LogP contribution in [0.15, 0.2) is 12.4 Å². The Labute approximate surface area is 94.9 Å². The van der Waals surface area contributed by atoms with Gasteiger partial charge in [0.05, 0.1) is 12.4 Å². The fourth-order valence-corrected chi connectivity index (χ4v) is 1.94. The molecule has 0 radical (unpaired) electrons. The largest absolute Gasteiger partial charge is 0.355 e. The Morgan fingerprint density at radius 3 is 2.62 bits per heavy atom. The second-order valence-corrected chi connectivity index (χ2v) is 4.04. The lowest BCUT2D eigenvalue weighted by atomic mass is 9.97. The van der Waals surface area contributed by atoms with Gasteiger partial charge in [-0.25, -0.2) is 9.97 Å². The molecule has 5 nitrogen and oxygen atoms in total. The third-order valence-corrected chi connectivity index (χ3v) is 3.02. The van der Waals surface area contributed by atoms with E-state index in [9.17, 15) is 0 Å². The number of nitrogens with two attached hydrogens (primary N) is 1. The molecule has 0 bridgehead atoms. The van der Waals surface area contributed by atoms with Crippen LogP contribution in [0.5, 0.6) is 0 Å². The maximum Gasteiger partial charge on any atom is 0.158 e. The molecule has 0 spiro atoms. The van der Waals surface area contributed by atoms with Gasteiger partial charge in [0.25, 0.3) is 0 Å². The lowest BCUT2D eigenvalue weighted by Crippen LogP contribution is -2.36. The summed E-state index contributed by atoms with van der Waals surface area (Å²) in [5.74, 6) is 1.50. The van der Waals surface area contributed by atoms with Gasteiger partial charge in [-0.2, -0.15) is 5.26 Å². The predicted octanol–water partition coefficient (Wildman–Crippen LogP) is 0.523. The summed E-state index contributed by atoms with van der Waals surface area (Å²) >= 11 is 0. The second kappa shape index (κ2) is 4.90. The highest BCUT2D eigenvalue weighted by atomic mass is 15.2. The zero-order valence-electron chi connectivity index (χ0n) is 9.13. The standard InChI is InChI=1S/C11H15N5/c12-5-9-1-3-16(4-2-9)11-8-14-10(6-13)7-15-11/h7-9H,1-5,12H2. The smallest absolute Gasteiger partial charge is 0.158 e. The van der Waals surface area contributed by atoms with Crippen molar-refractivity contribution in [3.63, 3.8) is 0 Å². The van der Waals surface area contributed by atoms with Gasteiger partial charge >= 0.3 is 0 Å². The van der Waals surface area contributed by atoms with E-state index < -0.39 is 0 Å². The van der Waals surface area contributed by atoms with Crippen LogP contribution in [0.1, 0.15) is 18.5 Å². The first-order valence-corrected chi connectivity index (χ1v) is 5.50. The van der Waals surface area contributed by atoms with Gasteiger partial charge in [0.2, 0.25) is 0 Å². The number of rotatable bonds is 2. The van der Waals surface area contributed by atoms with Crippen LogP contribution in [0.3, 0.4) is 0 Å². The Morgan fingerprint density at radius 1 is 1.38 bits per heavy atom. The van der Waals surface area contributed by atoms with Gasteiger partial charge in [0.1, 0.15) is 11.9 Å². The highest BCUT2D eigenvalue weighted by Crippen LogP contribution is 2.20. The minimum Gasteiger partial charge on any atom is -0.355 e. The Bertz CT molecular complexity index is 372. The van der Waals surface area contributed by atoms with E-state index in [0.29, 0.717) is 11.6 Å². The van der Waals surface area contributed by atoms with Crippen LogP contribution in [0, 0.1) is 17.2 Å². The van der Waals surface area contributed by atoms with E-state index in [1.807, 2.05) is 6.07 Å². The third-order valence-electron chi connectivity index (χ3n) is 3.02. The summed E-state index contributed by atoms with van der Waals surface area (Å²) in [6, 6.07) is 1.96. The van der Waals surface area contributed by atoms with E-state index in [1.54, 1.807) is 6.20 Å². The molecule has 1 aromatic rings. The van der Waals surface area contributed by atoms with E-state index in [4.69, 9.17) is 11.0 Å².